The summed E-state index contributed by atoms with van der Waals surface area (Å²) in [6.07, 6.45) is 10.5. The number of aromatic nitrogens is 4. The average molecular weight is 465 g/mol. The monoisotopic (exact) mass is 464 g/mol. The van der Waals surface area contributed by atoms with Crippen molar-refractivity contribution in [3.05, 3.63) is 41.6 Å². The van der Waals surface area contributed by atoms with E-state index in [1.54, 1.807) is 16.9 Å². The van der Waals surface area contributed by atoms with E-state index in [1.807, 2.05) is 0 Å². The van der Waals surface area contributed by atoms with Gasteiger partial charge in [-0.05, 0) is 38.2 Å². The SMILES string of the molecule is O=C1NCC2(CCC2)COc2ncc(F)cc2CN2c3nc4c1cnn4cc3O[C@H]1CCC[C@H]12. The molecule has 2 fully saturated rings. The first kappa shape index (κ1) is 20.0. The molecule has 4 aliphatic rings. The molecular formula is C24H25FN6O3. The van der Waals surface area contributed by atoms with Crippen LogP contribution in [0, 0.1) is 11.2 Å². The van der Waals surface area contributed by atoms with Crippen molar-refractivity contribution in [2.24, 2.45) is 5.41 Å². The number of carbonyl (C=O) groups is 1. The van der Waals surface area contributed by atoms with Gasteiger partial charge in [-0.25, -0.2) is 18.9 Å². The minimum absolute atomic E-state index is 0.0214. The summed E-state index contributed by atoms with van der Waals surface area (Å²) >= 11 is 0. The van der Waals surface area contributed by atoms with E-state index in [1.165, 1.54) is 12.3 Å². The van der Waals surface area contributed by atoms with Crippen LogP contribution in [0.15, 0.2) is 24.7 Å². The topological polar surface area (TPSA) is 93.9 Å². The van der Waals surface area contributed by atoms with Crippen LogP contribution in [0.2, 0.25) is 0 Å². The number of pyridine rings is 1. The molecular weight excluding hydrogens is 439 g/mol. The van der Waals surface area contributed by atoms with E-state index in [9.17, 15) is 9.18 Å². The molecule has 7 rings (SSSR count). The molecule has 2 atom stereocenters. The van der Waals surface area contributed by atoms with Gasteiger partial charge in [-0.1, -0.05) is 6.42 Å². The van der Waals surface area contributed by atoms with Crippen LogP contribution in [0.25, 0.3) is 5.65 Å². The number of nitrogens with one attached hydrogen (secondary N) is 1. The molecule has 2 bridgehead atoms. The summed E-state index contributed by atoms with van der Waals surface area (Å²) in [6.45, 7) is 1.30. The number of carbonyl (C=O) groups excluding carboxylic acids is 1. The van der Waals surface area contributed by atoms with Crippen LogP contribution >= 0.6 is 0 Å². The lowest BCUT2D eigenvalue weighted by molar-refractivity contribution is 0.0512. The summed E-state index contributed by atoms with van der Waals surface area (Å²) in [5.41, 5.74) is 1.44. The van der Waals surface area contributed by atoms with Gasteiger partial charge >= 0.3 is 0 Å². The quantitative estimate of drug-likeness (QED) is 0.547. The third-order valence-electron chi connectivity index (χ3n) is 7.84. The van der Waals surface area contributed by atoms with Gasteiger partial charge in [0.2, 0.25) is 5.88 Å². The van der Waals surface area contributed by atoms with Gasteiger partial charge in [0.15, 0.2) is 17.2 Å². The number of fused-ring (bicyclic) bond motifs is 3. The Hall–Kier alpha value is -3.43. The Morgan fingerprint density at radius 2 is 2.12 bits per heavy atom. The van der Waals surface area contributed by atoms with Crippen LogP contribution in [0.3, 0.4) is 0 Å². The van der Waals surface area contributed by atoms with Gasteiger partial charge in [-0.2, -0.15) is 5.10 Å². The molecule has 3 aromatic rings. The molecule has 0 aromatic carbocycles. The lowest BCUT2D eigenvalue weighted by Gasteiger charge is -2.42. The maximum absolute atomic E-state index is 14.3. The van der Waals surface area contributed by atoms with Crippen molar-refractivity contribution < 1.29 is 18.7 Å². The molecule has 0 saturated heterocycles. The molecule has 1 spiro atoms. The molecule has 2 saturated carbocycles. The van der Waals surface area contributed by atoms with Gasteiger partial charge in [0, 0.05) is 17.5 Å². The third-order valence-corrected chi connectivity index (χ3v) is 7.84. The fraction of sp³-hybridized carbons (Fsp3) is 0.500. The second-order valence-electron chi connectivity index (χ2n) is 9.98. The van der Waals surface area contributed by atoms with Crippen molar-refractivity contribution in [1.29, 1.82) is 0 Å². The lowest BCUT2D eigenvalue weighted by atomic mass is 9.69. The molecule has 9 nitrogen and oxygen atoms in total. The van der Waals surface area contributed by atoms with Crippen molar-refractivity contribution in [1.82, 2.24) is 24.9 Å². The van der Waals surface area contributed by atoms with Crippen LogP contribution < -0.4 is 19.7 Å². The zero-order valence-corrected chi connectivity index (χ0v) is 18.7. The molecule has 176 valence electrons. The first-order valence-electron chi connectivity index (χ1n) is 12.0. The normalized spacial score (nSPS) is 25.1. The van der Waals surface area contributed by atoms with Crippen molar-refractivity contribution in [2.45, 2.75) is 57.2 Å². The summed E-state index contributed by atoms with van der Waals surface area (Å²) in [6, 6.07) is 1.61. The summed E-state index contributed by atoms with van der Waals surface area (Å²) < 4.78 is 28.4. The standard InChI is InChI=1S/C24H25FN6O3/c25-15-7-14-10-30-17-3-1-4-18(17)34-19-11-31-20(29-21(19)30)16(9-28-31)22(32)27-12-24(5-2-6-24)13-33-23(14)26-8-15/h7-9,11,17-18H,1-6,10,12-13H2,(H,27,32)/t17-,18+/m1/s1. The van der Waals surface area contributed by atoms with Crippen molar-refractivity contribution in [3.63, 3.8) is 0 Å². The first-order chi connectivity index (χ1) is 16.6. The fourth-order valence-corrected chi connectivity index (χ4v) is 5.78. The number of rotatable bonds is 0. The van der Waals surface area contributed by atoms with E-state index >= 15 is 0 Å². The molecule has 5 heterocycles. The van der Waals surface area contributed by atoms with Crippen molar-refractivity contribution in [3.8, 4) is 11.6 Å². The average Bonchev–Trinajstić information content (AvgIpc) is 3.44. The molecule has 2 aliphatic carbocycles. The van der Waals surface area contributed by atoms with E-state index in [0.717, 1.165) is 38.5 Å². The highest BCUT2D eigenvalue weighted by molar-refractivity contribution is 5.99. The van der Waals surface area contributed by atoms with Gasteiger partial charge in [-0.15, -0.1) is 0 Å². The number of halogens is 1. The van der Waals surface area contributed by atoms with Crippen molar-refractivity contribution >= 4 is 17.4 Å². The Bertz CT molecular complexity index is 1310. The Morgan fingerprint density at radius 3 is 2.97 bits per heavy atom. The van der Waals surface area contributed by atoms with Crippen LogP contribution in [0.1, 0.15) is 54.4 Å². The molecule has 1 amide bonds. The number of hydrogen-bond donors (Lipinski definition) is 1. The molecule has 10 heteroatoms. The van der Waals surface area contributed by atoms with Gasteiger partial charge in [-0.3, -0.25) is 4.79 Å². The molecule has 0 unspecified atom stereocenters. The highest BCUT2D eigenvalue weighted by Crippen LogP contribution is 2.44. The van der Waals surface area contributed by atoms with Crippen LogP contribution in [0.4, 0.5) is 10.2 Å². The summed E-state index contributed by atoms with van der Waals surface area (Å²) in [4.78, 5) is 24.5. The molecule has 34 heavy (non-hydrogen) atoms. The Morgan fingerprint density at radius 1 is 1.21 bits per heavy atom. The number of nitrogens with zero attached hydrogens (tertiary/aromatic N) is 5. The number of amides is 1. The molecule has 1 N–H and O–H groups in total. The molecule has 3 aromatic heterocycles. The third kappa shape index (κ3) is 3.04. The first-order valence-corrected chi connectivity index (χ1v) is 12.0. The summed E-state index contributed by atoms with van der Waals surface area (Å²) in [5, 5.41) is 7.44. The lowest BCUT2D eigenvalue weighted by Crippen LogP contribution is -2.47. The fourth-order valence-electron chi connectivity index (χ4n) is 5.78. The Labute approximate surface area is 195 Å². The van der Waals surface area contributed by atoms with E-state index < -0.39 is 5.82 Å². The zero-order valence-electron chi connectivity index (χ0n) is 18.7. The number of anilines is 1. The minimum atomic E-state index is -0.396. The van der Waals surface area contributed by atoms with Gasteiger partial charge in [0.25, 0.3) is 5.91 Å². The van der Waals surface area contributed by atoms with E-state index in [4.69, 9.17) is 14.5 Å². The smallest absolute Gasteiger partial charge is 0.256 e. The number of hydrogen-bond acceptors (Lipinski definition) is 7. The van der Waals surface area contributed by atoms with Gasteiger partial charge < -0.3 is 19.7 Å². The molecule has 0 radical (unpaired) electrons. The highest BCUT2D eigenvalue weighted by atomic mass is 19.1. The van der Waals surface area contributed by atoms with Crippen molar-refractivity contribution in [2.75, 3.05) is 18.1 Å². The van der Waals surface area contributed by atoms with E-state index in [-0.39, 0.29) is 23.5 Å². The summed E-state index contributed by atoms with van der Waals surface area (Å²) in [7, 11) is 0. The predicted octanol–water partition coefficient (Wildman–Crippen LogP) is 2.88. The second-order valence-corrected chi connectivity index (χ2v) is 9.98. The van der Waals surface area contributed by atoms with Crippen LogP contribution in [-0.2, 0) is 6.54 Å². The van der Waals surface area contributed by atoms with E-state index in [2.05, 4.69) is 20.3 Å². The number of ether oxygens (including phenoxy) is 2. The largest absolute Gasteiger partial charge is 0.483 e. The maximum atomic E-state index is 14.3. The Kier molecular flexibility index (Phi) is 4.28. The van der Waals surface area contributed by atoms with Crippen LogP contribution in [0.5, 0.6) is 11.6 Å². The van der Waals surface area contributed by atoms with Gasteiger partial charge in [0.05, 0.1) is 37.8 Å². The Balaban J connectivity index is 1.40. The van der Waals surface area contributed by atoms with Gasteiger partial charge in [0.1, 0.15) is 17.5 Å². The minimum Gasteiger partial charge on any atom is -0.483 e. The zero-order chi connectivity index (χ0) is 22.9. The highest BCUT2D eigenvalue weighted by Gasteiger charge is 2.42. The second kappa shape index (κ2) is 7.28. The van der Waals surface area contributed by atoms with E-state index in [0.29, 0.717) is 53.9 Å². The van der Waals surface area contributed by atoms with Crippen LogP contribution in [-0.4, -0.2) is 50.8 Å². The molecule has 2 aliphatic heterocycles. The summed E-state index contributed by atoms with van der Waals surface area (Å²) in [5.74, 6) is 1.08. The maximum Gasteiger partial charge on any atom is 0.256 e. The predicted molar refractivity (Wildman–Crippen MR) is 120 cm³/mol.